The van der Waals surface area contributed by atoms with E-state index >= 15 is 0 Å². The quantitative estimate of drug-likeness (QED) is 0.464. The van der Waals surface area contributed by atoms with Gasteiger partial charge in [-0.05, 0) is 80.5 Å². The summed E-state index contributed by atoms with van der Waals surface area (Å²) in [6.07, 6.45) is 11.7. The third kappa shape index (κ3) is 2.89. The minimum atomic E-state index is 0.208. The van der Waals surface area contributed by atoms with Gasteiger partial charge in [-0.15, -0.1) is 0 Å². The summed E-state index contributed by atoms with van der Waals surface area (Å²) in [5, 5.41) is 5.82. The van der Waals surface area contributed by atoms with Gasteiger partial charge in [-0.2, -0.15) is 0 Å². The van der Waals surface area contributed by atoms with Gasteiger partial charge in [-0.1, -0.05) is 19.6 Å². The third-order valence-electron chi connectivity index (χ3n) is 7.80. The SMILES string of the molecule is C=Cc1c2[nH]c(c1C)/C=C1/CC/C(=C3\CC(=O)c4c3[nH]c(c4C)/C=c3\[nH]/c(c(C)c3CC)=C\2)N1. The van der Waals surface area contributed by atoms with Crippen molar-refractivity contribution in [3.05, 3.63) is 84.8 Å². The minimum Gasteiger partial charge on any atom is -0.362 e. The summed E-state index contributed by atoms with van der Waals surface area (Å²) in [6.45, 7) is 12.6. The highest BCUT2D eigenvalue weighted by molar-refractivity contribution is 6.13. The number of hydrogen-bond acceptors (Lipinski definition) is 2. The van der Waals surface area contributed by atoms with Gasteiger partial charge in [-0.25, -0.2) is 0 Å². The van der Waals surface area contributed by atoms with Crippen LogP contribution in [0.25, 0.3) is 29.9 Å². The van der Waals surface area contributed by atoms with E-state index in [2.05, 4.69) is 72.8 Å². The van der Waals surface area contributed by atoms with Gasteiger partial charge in [0.2, 0.25) is 0 Å². The van der Waals surface area contributed by atoms with E-state index in [9.17, 15) is 4.79 Å². The lowest BCUT2D eigenvalue weighted by Crippen LogP contribution is -2.13. The highest BCUT2D eigenvalue weighted by atomic mass is 16.1. The zero-order valence-electron chi connectivity index (χ0n) is 20.3. The lowest BCUT2D eigenvalue weighted by Gasteiger charge is -2.06. The van der Waals surface area contributed by atoms with Crippen LogP contribution in [-0.2, 0) is 6.42 Å². The molecule has 2 aliphatic heterocycles. The Bertz CT molecular complexity index is 1600. The number of aromatic amines is 3. The van der Waals surface area contributed by atoms with Gasteiger partial charge in [0.05, 0.1) is 5.69 Å². The normalized spacial score (nSPS) is 22.0. The van der Waals surface area contributed by atoms with Crippen LogP contribution in [0.5, 0.6) is 0 Å². The van der Waals surface area contributed by atoms with Crippen LogP contribution in [0, 0.1) is 20.8 Å². The van der Waals surface area contributed by atoms with Gasteiger partial charge in [0, 0.05) is 62.3 Å². The topological polar surface area (TPSA) is 76.5 Å². The van der Waals surface area contributed by atoms with E-state index in [-0.39, 0.29) is 5.78 Å². The first kappa shape index (κ1) is 20.8. The number of H-pyrrole nitrogens is 3. The number of carbonyl (C=O) groups excluding carboxylic acids is 1. The summed E-state index contributed by atoms with van der Waals surface area (Å²) in [6, 6.07) is 0. The molecule has 3 aromatic rings. The van der Waals surface area contributed by atoms with Crippen LogP contribution in [0.1, 0.15) is 87.1 Å². The van der Waals surface area contributed by atoms with Gasteiger partial charge in [0.15, 0.2) is 5.78 Å². The van der Waals surface area contributed by atoms with E-state index in [1.807, 2.05) is 6.08 Å². The minimum absolute atomic E-state index is 0.208. The maximum atomic E-state index is 13.0. The molecule has 0 saturated carbocycles. The molecule has 0 radical (unpaired) electrons. The van der Waals surface area contributed by atoms with E-state index < -0.39 is 0 Å². The average Bonchev–Trinajstić information content (AvgIpc) is 3.58. The van der Waals surface area contributed by atoms with Gasteiger partial charge < -0.3 is 20.3 Å². The first-order valence-electron chi connectivity index (χ1n) is 12.1. The van der Waals surface area contributed by atoms with Crippen LogP contribution >= 0.6 is 0 Å². The van der Waals surface area contributed by atoms with E-state index in [4.69, 9.17) is 0 Å². The molecule has 0 amide bonds. The average molecular weight is 451 g/mol. The van der Waals surface area contributed by atoms with Crippen molar-refractivity contribution >= 4 is 35.7 Å². The highest BCUT2D eigenvalue weighted by Gasteiger charge is 2.33. The first-order chi connectivity index (χ1) is 16.4. The number of ketones is 1. The number of rotatable bonds is 2. The Hall–Kier alpha value is -3.73. The lowest BCUT2D eigenvalue weighted by atomic mass is 10.1. The molecule has 1 aliphatic carbocycles. The van der Waals surface area contributed by atoms with Crippen LogP contribution in [-0.4, -0.2) is 20.7 Å². The van der Waals surface area contributed by atoms with Crippen LogP contribution in [0.3, 0.4) is 0 Å². The smallest absolute Gasteiger partial charge is 0.169 e. The molecule has 5 nitrogen and oxygen atoms in total. The molecule has 34 heavy (non-hydrogen) atoms. The number of carbonyl (C=O) groups is 1. The second-order valence-electron chi connectivity index (χ2n) is 9.66. The van der Waals surface area contributed by atoms with Crippen molar-refractivity contribution in [3.63, 3.8) is 0 Å². The molecule has 0 spiro atoms. The number of Topliss-reactive ketones (excluding diaryl/α,β-unsaturated/α-hetero) is 1. The third-order valence-corrected chi connectivity index (χ3v) is 7.80. The Balaban J connectivity index is 1.71. The molecule has 8 bridgehead atoms. The fraction of sp³-hybridized carbons (Fsp3) is 0.276. The molecule has 0 aromatic carbocycles. The van der Waals surface area contributed by atoms with Crippen LogP contribution < -0.4 is 16.0 Å². The summed E-state index contributed by atoms with van der Waals surface area (Å²) in [7, 11) is 0. The molecule has 5 heterocycles. The van der Waals surface area contributed by atoms with Crippen molar-refractivity contribution < 1.29 is 4.79 Å². The van der Waals surface area contributed by atoms with Gasteiger partial charge in [0.25, 0.3) is 0 Å². The van der Waals surface area contributed by atoms with Crippen molar-refractivity contribution in [3.8, 4) is 0 Å². The number of aromatic nitrogens is 3. The standard InChI is InChI=1S/C29H30N4O/c1-6-18-14(3)22-10-17-8-9-21(30-17)20-11-27(34)28-16(5)24(33-29(20)28)13-26-19(7-2)15(4)23(32-26)12-25(18)31-22/h6,10,12-13,30-33H,1,7-9,11H2,2-5H3/b17-10-,21-20-,23-12-,26-13-. The molecule has 6 rings (SSSR count). The van der Waals surface area contributed by atoms with E-state index in [0.717, 1.165) is 80.7 Å². The number of hydrogen-bond donors (Lipinski definition) is 4. The monoisotopic (exact) mass is 450 g/mol. The Morgan fingerprint density at radius 1 is 0.912 bits per heavy atom. The molecule has 3 aromatic heterocycles. The zero-order valence-corrected chi connectivity index (χ0v) is 20.3. The summed E-state index contributed by atoms with van der Waals surface area (Å²) >= 11 is 0. The van der Waals surface area contributed by atoms with E-state index in [0.29, 0.717) is 6.42 Å². The Kier molecular flexibility index (Phi) is 4.53. The van der Waals surface area contributed by atoms with Crippen LogP contribution in [0.2, 0.25) is 0 Å². The molecule has 5 heteroatoms. The second-order valence-corrected chi connectivity index (χ2v) is 9.66. The number of fused-ring (bicyclic) bond motifs is 7. The number of nitrogens with one attached hydrogen (secondary N) is 4. The van der Waals surface area contributed by atoms with Gasteiger partial charge in [-0.3, -0.25) is 4.79 Å². The Labute approximate surface area is 199 Å². The Morgan fingerprint density at radius 2 is 1.68 bits per heavy atom. The molecular formula is C29H30N4O. The summed E-state index contributed by atoms with van der Waals surface area (Å²) in [5.74, 6) is 0.208. The highest BCUT2D eigenvalue weighted by Crippen LogP contribution is 2.40. The molecule has 1 fully saturated rings. The molecule has 3 aliphatic rings. The van der Waals surface area contributed by atoms with Crippen LogP contribution in [0.15, 0.2) is 18.0 Å². The fourth-order valence-electron chi connectivity index (χ4n) is 5.88. The van der Waals surface area contributed by atoms with Crippen molar-refractivity contribution in [2.45, 2.75) is 53.4 Å². The second kappa shape index (κ2) is 7.39. The number of allylic oxidation sites excluding steroid dienone is 3. The molecule has 4 N–H and O–H groups in total. The Morgan fingerprint density at radius 3 is 2.44 bits per heavy atom. The van der Waals surface area contributed by atoms with E-state index in [1.54, 1.807) is 0 Å². The van der Waals surface area contributed by atoms with Crippen molar-refractivity contribution in [1.29, 1.82) is 0 Å². The first-order valence-corrected chi connectivity index (χ1v) is 12.1. The van der Waals surface area contributed by atoms with Crippen molar-refractivity contribution in [2.24, 2.45) is 0 Å². The molecule has 0 atom stereocenters. The summed E-state index contributed by atoms with van der Waals surface area (Å²) in [4.78, 5) is 23.9. The fourth-order valence-corrected chi connectivity index (χ4v) is 5.88. The lowest BCUT2D eigenvalue weighted by molar-refractivity contribution is 0.100. The predicted molar refractivity (Wildman–Crippen MR) is 139 cm³/mol. The zero-order chi connectivity index (χ0) is 23.7. The van der Waals surface area contributed by atoms with Gasteiger partial charge >= 0.3 is 0 Å². The molecule has 172 valence electrons. The predicted octanol–water partition coefficient (Wildman–Crippen LogP) is 4.49. The van der Waals surface area contributed by atoms with E-state index in [1.165, 1.54) is 22.4 Å². The van der Waals surface area contributed by atoms with Gasteiger partial charge in [0.1, 0.15) is 0 Å². The summed E-state index contributed by atoms with van der Waals surface area (Å²) < 4.78 is 0. The maximum absolute atomic E-state index is 13.0. The molecule has 0 unspecified atom stereocenters. The molecule has 1 saturated heterocycles. The van der Waals surface area contributed by atoms with Crippen molar-refractivity contribution in [2.75, 3.05) is 0 Å². The summed E-state index contributed by atoms with van der Waals surface area (Å²) in [5.41, 5.74) is 14.3. The molecular weight excluding hydrogens is 420 g/mol. The maximum Gasteiger partial charge on any atom is 0.169 e. The van der Waals surface area contributed by atoms with Crippen molar-refractivity contribution in [1.82, 2.24) is 20.3 Å². The van der Waals surface area contributed by atoms with Crippen LogP contribution in [0.4, 0.5) is 0 Å². The largest absolute Gasteiger partial charge is 0.362 e.